The summed E-state index contributed by atoms with van der Waals surface area (Å²) >= 11 is 0. The Labute approximate surface area is 378 Å². The molecule has 8 heteroatoms. The lowest BCUT2D eigenvalue weighted by Crippen LogP contribution is -2.03. The summed E-state index contributed by atoms with van der Waals surface area (Å²) in [4.78, 5) is 31.6. The van der Waals surface area contributed by atoms with E-state index in [1.807, 2.05) is 66.7 Å². The predicted octanol–water partition coefficient (Wildman–Crippen LogP) is 13.7. The Kier molecular flexibility index (Phi) is 8.67. The summed E-state index contributed by atoms with van der Waals surface area (Å²) in [6.45, 7) is 0. The van der Waals surface area contributed by atoms with E-state index in [1.165, 1.54) is 21.5 Å². The molecule has 0 aliphatic rings. The maximum Gasteiger partial charge on any atom is 0.164 e. The highest BCUT2D eigenvalue weighted by atomic mass is 15.1. The van der Waals surface area contributed by atoms with Crippen LogP contribution in [0.3, 0.4) is 0 Å². The Morgan fingerprint density at radius 3 is 1.18 bits per heavy atom. The zero-order valence-electron chi connectivity index (χ0n) is 35.4. The third-order valence-corrected chi connectivity index (χ3v) is 12.4. The normalized spacial score (nSPS) is 11.6. The first kappa shape index (κ1) is 37.4. The molecular weight excluding hydrogens is 809 g/mol. The topological polar surface area (TPSA) is 87.2 Å². The van der Waals surface area contributed by atoms with Crippen molar-refractivity contribution in [1.29, 1.82) is 0 Å². The van der Waals surface area contributed by atoms with Gasteiger partial charge in [0.2, 0.25) is 0 Å². The van der Waals surface area contributed by atoms with E-state index in [4.69, 9.17) is 29.9 Å². The molecule has 8 nitrogen and oxygen atoms in total. The summed E-state index contributed by atoms with van der Waals surface area (Å²) in [6.07, 6.45) is 0. The van der Waals surface area contributed by atoms with Gasteiger partial charge in [-0.15, -0.1) is 0 Å². The summed E-state index contributed by atoms with van der Waals surface area (Å²) in [5.74, 6) is 3.23. The van der Waals surface area contributed by atoms with Crippen LogP contribution in [-0.2, 0) is 0 Å². The van der Waals surface area contributed by atoms with Crippen LogP contribution < -0.4 is 0 Å². The maximum atomic E-state index is 5.37. The van der Waals surface area contributed by atoms with Crippen LogP contribution in [0.2, 0.25) is 0 Å². The second-order valence-corrected chi connectivity index (χ2v) is 16.4. The van der Waals surface area contributed by atoms with Gasteiger partial charge < -0.3 is 0 Å². The second-order valence-electron chi connectivity index (χ2n) is 16.4. The minimum Gasteiger partial charge on any atom is -0.294 e. The Bertz CT molecular complexity index is 3740. The van der Waals surface area contributed by atoms with Crippen molar-refractivity contribution >= 4 is 54.4 Å². The highest BCUT2D eigenvalue weighted by Crippen LogP contribution is 2.36. The third-order valence-electron chi connectivity index (χ3n) is 12.4. The van der Waals surface area contributed by atoms with Crippen LogP contribution in [0.1, 0.15) is 0 Å². The SMILES string of the molecule is c1ccc(-c2nc(-c3cc(-c4cccc(-n5c6ccccc6c6ccccc65)n4)nc(-c4cccc(-n5c6ccccc6c6ccccc65)n4)c3)nc(-c3ccc4ccccc4c3)n2)cc1. The summed E-state index contributed by atoms with van der Waals surface area (Å²) in [5.41, 5.74) is 9.56. The number of aromatic nitrogens is 8. The van der Waals surface area contributed by atoms with Crippen molar-refractivity contribution in [3.63, 3.8) is 0 Å². The van der Waals surface area contributed by atoms with Gasteiger partial charge in [-0.1, -0.05) is 152 Å². The molecule has 308 valence electrons. The average Bonchev–Trinajstić information content (AvgIpc) is 3.92. The maximum absolute atomic E-state index is 5.37. The summed E-state index contributed by atoms with van der Waals surface area (Å²) in [6, 6.07) is 74.9. The molecule has 0 fully saturated rings. The molecule has 66 heavy (non-hydrogen) atoms. The molecule has 6 aromatic heterocycles. The Balaban J connectivity index is 1.03. The lowest BCUT2D eigenvalue weighted by molar-refractivity contribution is 1.06. The van der Waals surface area contributed by atoms with Crippen molar-refractivity contribution in [2.75, 3.05) is 0 Å². The second kappa shape index (κ2) is 15.3. The highest BCUT2D eigenvalue weighted by Gasteiger charge is 2.20. The molecule has 0 saturated carbocycles. The fraction of sp³-hybridized carbons (Fsp3) is 0. The van der Waals surface area contributed by atoms with Gasteiger partial charge in [0.15, 0.2) is 17.5 Å². The fourth-order valence-corrected chi connectivity index (χ4v) is 9.32. The van der Waals surface area contributed by atoms with Crippen LogP contribution >= 0.6 is 0 Å². The zero-order valence-corrected chi connectivity index (χ0v) is 35.4. The van der Waals surface area contributed by atoms with E-state index >= 15 is 0 Å². The molecule has 13 aromatic rings. The summed E-state index contributed by atoms with van der Waals surface area (Å²) in [5, 5.41) is 6.93. The van der Waals surface area contributed by atoms with Crippen LogP contribution in [0, 0.1) is 0 Å². The van der Waals surface area contributed by atoms with Gasteiger partial charge in [-0.05, 0) is 77.5 Å². The fourth-order valence-electron chi connectivity index (χ4n) is 9.32. The number of hydrogen-bond acceptors (Lipinski definition) is 6. The first-order chi connectivity index (χ1) is 32.7. The molecule has 0 N–H and O–H groups in total. The van der Waals surface area contributed by atoms with Crippen LogP contribution in [0.25, 0.3) is 123 Å². The minimum atomic E-state index is 0.508. The van der Waals surface area contributed by atoms with Crippen molar-refractivity contribution in [1.82, 2.24) is 39.0 Å². The standard InChI is InChI=1S/C58H36N8/c1-2-17-38(18-3-1)56-62-57(40-33-32-37-16-4-5-19-39(37)34-40)64-58(63-56)41-35-48(46-24-14-30-54(60-46)65-50-26-10-6-20-42(50)43-21-7-11-27-51(43)65)59-49(36-41)47-25-15-31-55(61-47)66-52-28-12-8-22-44(52)45-23-9-13-29-53(45)66/h1-36H. The third kappa shape index (κ3) is 6.31. The van der Waals surface area contributed by atoms with Crippen LogP contribution in [0.5, 0.6) is 0 Å². The smallest absolute Gasteiger partial charge is 0.164 e. The largest absolute Gasteiger partial charge is 0.294 e. The zero-order chi connectivity index (χ0) is 43.6. The lowest BCUT2D eigenvalue weighted by atomic mass is 10.1. The molecule has 0 amide bonds. The number of para-hydroxylation sites is 4. The first-order valence-electron chi connectivity index (χ1n) is 22.0. The monoisotopic (exact) mass is 844 g/mol. The molecule has 0 saturated heterocycles. The van der Waals surface area contributed by atoms with E-state index in [0.29, 0.717) is 40.2 Å². The quantitative estimate of drug-likeness (QED) is 0.159. The number of pyridine rings is 3. The van der Waals surface area contributed by atoms with E-state index in [-0.39, 0.29) is 0 Å². The molecule has 0 atom stereocenters. The van der Waals surface area contributed by atoms with E-state index in [0.717, 1.165) is 61.2 Å². The van der Waals surface area contributed by atoms with E-state index in [9.17, 15) is 0 Å². The molecular formula is C58H36N8. The van der Waals surface area contributed by atoms with Crippen molar-refractivity contribution in [2.45, 2.75) is 0 Å². The predicted molar refractivity (Wildman–Crippen MR) is 267 cm³/mol. The van der Waals surface area contributed by atoms with E-state index in [2.05, 4.69) is 161 Å². The molecule has 0 radical (unpaired) electrons. The van der Waals surface area contributed by atoms with Crippen molar-refractivity contribution in [3.05, 3.63) is 218 Å². The van der Waals surface area contributed by atoms with Gasteiger partial charge in [0.25, 0.3) is 0 Å². The van der Waals surface area contributed by atoms with Crippen molar-refractivity contribution in [3.8, 4) is 68.6 Å². The van der Waals surface area contributed by atoms with Gasteiger partial charge in [-0.2, -0.15) is 0 Å². The molecule has 0 aliphatic carbocycles. The van der Waals surface area contributed by atoms with Gasteiger partial charge in [0.05, 0.1) is 44.8 Å². The average molecular weight is 845 g/mol. The summed E-state index contributed by atoms with van der Waals surface area (Å²) < 4.78 is 4.45. The molecule has 0 unspecified atom stereocenters. The number of rotatable bonds is 7. The number of benzene rings is 7. The molecule has 0 aliphatic heterocycles. The molecule has 13 rings (SSSR count). The Morgan fingerprint density at radius 2 is 0.667 bits per heavy atom. The van der Waals surface area contributed by atoms with Crippen molar-refractivity contribution < 1.29 is 0 Å². The number of fused-ring (bicyclic) bond motifs is 7. The van der Waals surface area contributed by atoms with Gasteiger partial charge in [0.1, 0.15) is 11.6 Å². The minimum absolute atomic E-state index is 0.508. The van der Waals surface area contributed by atoms with Crippen LogP contribution in [-0.4, -0.2) is 39.0 Å². The molecule has 0 bridgehead atoms. The summed E-state index contributed by atoms with van der Waals surface area (Å²) in [7, 11) is 0. The lowest BCUT2D eigenvalue weighted by Gasteiger charge is -2.13. The number of nitrogens with zero attached hydrogens (tertiary/aromatic N) is 8. The number of hydrogen-bond donors (Lipinski definition) is 0. The van der Waals surface area contributed by atoms with Gasteiger partial charge in [0, 0.05) is 38.2 Å². The van der Waals surface area contributed by atoms with E-state index < -0.39 is 0 Å². The van der Waals surface area contributed by atoms with Gasteiger partial charge >= 0.3 is 0 Å². The Morgan fingerprint density at radius 1 is 0.242 bits per heavy atom. The van der Waals surface area contributed by atoms with Crippen LogP contribution in [0.15, 0.2) is 218 Å². The van der Waals surface area contributed by atoms with Crippen LogP contribution in [0.4, 0.5) is 0 Å². The highest BCUT2D eigenvalue weighted by molar-refractivity contribution is 6.10. The van der Waals surface area contributed by atoms with Gasteiger partial charge in [-0.25, -0.2) is 29.9 Å². The van der Waals surface area contributed by atoms with E-state index in [1.54, 1.807) is 0 Å². The first-order valence-corrected chi connectivity index (χ1v) is 22.0. The molecule has 0 spiro atoms. The Hall–Kier alpha value is -9.14. The van der Waals surface area contributed by atoms with Crippen molar-refractivity contribution in [2.24, 2.45) is 0 Å². The molecule has 7 aromatic carbocycles. The molecule has 6 heterocycles. The van der Waals surface area contributed by atoms with Gasteiger partial charge in [-0.3, -0.25) is 9.13 Å².